The molecule has 0 spiro atoms. The number of thiol groups is 1. The van der Waals surface area contributed by atoms with Crippen molar-refractivity contribution in [2.45, 2.75) is 4.90 Å². The van der Waals surface area contributed by atoms with Gasteiger partial charge >= 0.3 is 29.6 Å². The summed E-state index contributed by atoms with van der Waals surface area (Å²) >= 11 is 19.7. The molecule has 0 atom stereocenters. The fraction of sp³-hybridized carbons (Fsp3) is 0. The molecule has 0 amide bonds. The molecule has 0 radical (unpaired) electrons. The van der Waals surface area contributed by atoms with E-state index in [9.17, 15) is 14.4 Å². The molecule has 0 aliphatic rings. The summed E-state index contributed by atoms with van der Waals surface area (Å²) in [6, 6.07) is 2.30. The van der Waals surface area contributed by atoms with Gasteiger partial charge in [0.2, 0.25) is 0 Å². The zero-order chi connectivity index (χ0) is 12.5. The van der Waals surface area contributed by atoms with Crippen LogP contribution in [-0.4, -0.2) is 45.3 Å². The van der Waals surface area contributed by atoms with Crippen LogP contribution in [0.25, 0.3) is 0 Å². The molecule has 0 aliphatic heterocycles. The van der Waals surface area contributed by atoms with Crippen molar-refractivity contribution in [3.05, 3.63) is 28.8 Å². The van der Waals surface area contributed by atoms with Gasteiger partial charge in [-0.25, -0.2) is 0 Å². The van der Waals surface area contributed by atoms with Crippen molar-refractivity contribution >= 4 is 92.7 Å². The van der Waals surface area contributed by atoms with Gasteiger partial charge in [-0.2, -0.15) is 0 Å². The maximum atomic E-state index is 11.0. The van der Waals surface area contributed by atoms with Crippen molar-refractivity contribution in [1.82, 2.24) is 0 Å². The van der Waals surface area contributed by atoms with Crippen molar-refractivity contribution in [2.75, 3.05) is 0 Å². The molecular weight excluding hydrogens is 318 g/mol. The molecule has 17 heavy (non-hydrogen) atoms. The Morgan fingerprint density at radius 3 is 1.47 bits per heavy atom. The second-order valence-electron chi connectivity index (χ2n) is 2.74. The number of rotatable bonds is 3. The number of benzene rings is 1. The van der Waals surface area contributed by atoms with Gasteiger partial charge in [0.1, 0.15) is 0 Å². The van der Waals surface area contributed by atoms with E-state index in [1.807, 2.05) is 0 Å². The summed E-state index contributed by atoms with van der Waals surface area (Å²) in [6.45, 7) is 0. The van der Waals surface area contributed by atoms with Gasteiger partial charge in [-0.15, -0.1) is 12.6 Å². The van der Waals surface area contributed by atoms with Crippen LogP contribution in [0, 0.1) is 0 Å². The standard InChI is InChI=1S/C9H3Cl3O3S.Na.H/c10-7(13)3-1-4(8(11)14)6(16)5(2-3)9(12)15;;/h1-2,16H;;. The maximum absolute atomic E-state index is 11.0. The fourth-order valence-electron chi connectivity index (χ4n) is 1.05. The predicted octanol–water partition coefficient (Wildman–Crippen LogP) is 2.46. The molecule has 0 aromatic heterocycles. The molecule has 0 N–H and O–H groups in total. The van der Waals surface area contributed by atoms with Crippen LogP contribution in [0.1, 0.15) is 31.1 Å². The molecule has 1 aromatic carbocycles. The summed E-state index contributed by atoms with van der Waals surface area (Å²) in [7, 11) is 0. The normalized spacial score (nSPS) is 9.41. The molecule has 3 nitrogen and oxygen atoms in total. The van der Waals surface area contributed by atoms with Gasteiger partial charge in [-0.3, -0.25) is 14.4 Å². The van der Waals surface area contributed by atoms with Crippen LogP contribution in [0.15, 0.2) is 17.0 Å². The zero-order valence-corrected chi connectivity index (χ0v) is 10.6. The molecule has 0 aliphatic carbocycles. The molecule has 0 heterocycles. The van der Waals surface area contributed by atoms with Gasteiger partial charge in [0.15, 0.2) is 0 Å². The molecule has 1 rings (SSSR count). The van der Waals surface area contributed by atoms with Crippen molar-refractivity contribution in [3.8, 4) is 0 Å². The van der Waals surface area contributed by atoms with Gasteiger partial charge in [0, 0.05) is 21.6 Å². The van der Waals surface area contributed by atoms with E-state index in [2.05, 4.69) is 12.6 Å². The minimum atomic E-state index is -0.857. The van der Waals surface area contributed by atoms with E-state index < -0.39 is 15.7 Å². The second-order valence-corrected chi connectivity index (χ2v) is 4.22. The topological polar surface area (TPSA) is 51.2 Å². The van der Waals surface area contributed by atoms with Gasteiger partial charge in [0.05, 0.1) is 0 Å². The summed E-state index contributed by atoms with van der Waals surface area (Å²) in [5, 5.41) is -2.54. The molecule has 0 saturated carbocycles. The van der Waals surface area contributed by atoms with Gasteiger partial charge < -0.3 is 0 Å². The van der Waals surface area contributed by atoms with Crippen molar-refractivity contribution < 1.29 is 14.4 Å². The van der Waals surface area contributed by atoms with Crippen LogP contribution < -0.4 is 0 Å². The molecule has 0 bridgehead atoms. The van der Waals surface area contributed by atoms with Crippen LogP contribution in [0.4, 0.5) is 0 Å². The van der Waals surface area contributed by atoms with Gasteiger partial charge in [0.25, 0.3) is 15.7 Å². The van der Waals surface area contributed by atoms with E-state index in [4.69, 9.17) is 34.8 Å². The third kappa shape index (κ3) is 4.24. The summed E-state index contributed by atoms with van der Waals surface area (Å²) in [5.74, 6) is 0. The third-order valence-corrected chi connectivity index (χ3v) is 2.87. The number of halogens is 3. The molecule has 86 valence electrons. The Morgan fingerprint density at radius 1 is 0.882 bits per heavy atom. The molecule has 1 aromatic rings. The summed E-state index contributed by atoms with van der Waals surface area (Å²) in [6.07, 6.45) is 0. The first-order valence-corrected chi connectivity index (χ1v) is 5.39. The monoisotopic (exact) mass is 320 g/mol. The molecule has 0 saturated heterocycles. The van der Waals surface area contributed by atoms with E-state index in [0.29, 0.717) is 0 Å². The molecule has 8 heteroatoms. The van der Waals surface area contributed by atoms with Crippen LogP contribution in [0.5, 0.6) is 0 Å². The average molecular weight is 322 g/mol. The quantitative estimate of drug-likeness (QED) is 0.528. The number of carbonyl (C=O) groups is 3. The first-order valence-electron chi connectivity index (χ1n) is 3.81. The van der Waals surface area contributed by atoms with E-state index >= 15 is 0 Å². The number of carbonyl (C=O) groups excluding carboxylic acids is 3. The average Bonchev–Trinajstić information content (AvgIpc) is 2.16. The Hall–Kier alpha value is 0.450. The number of hydrogen-bond acceptors (Lipinski definition) is 4. The summed E-state index contributed by atoms with van der Waals surface area (Å²) < 4.78 is 0. The summed E-state index contributed by atoms with van der Waals surface area (Å²) in [4.78, 5) is 33.0. The van der Waals surface area contributed by atoms with E-state index in [1.165, 1.54) is 0 Å². The fourth-order valence-corrected chi connectivity index (χ4v) is 1.92. The van der Waals surface area contributed by atoms with Crippen LogP contribution >= 0.6 is 47.4 Å². The minimum absolute atomic E-state index is 0. The Kier molecular flexibility index (Phi) is 7.33. The first kappa shape index (κ1) is 17.4. The van der Waals surface area contributed by atoms with Crippen molar-refractivity contribution in [1.29, 1.82) is 0 Å². The molecule has 0 unspecified atom stereocenters. The predicted molar refractivity (Wildman–Crippen MR) is 71.4 cm³/mol. The SMILES string of the molecule is O=C(Cl)c1cc(C(=O)Cl)c(S)c(C(=O)Cl)c1.[NaH]. The number of hydrogen-bond donors (Lipinski definition) is 1. The Labute approximate surface area is 139 Å². The summed E-state index contributed by atoms with van der Waals surface area (Å²) in [5.41, 5.74) is -0.242. The third-order valence-electron chi connectivity index (χ3n) is 1.76. The Bertz CT molecular complexity index is 469. The van der Waals surface area contributed by atoms with Crippen LogP contribution in [-0.2, 0) is 0 Å². The van der Waals surface area contributed by atoms with Gasteiger partial charge in [-0.1, -0.05) is 0 Å². The van der Waals surface area contributed by atoms with Crippen molar-refractivity contribution in [3.63, 3.8) is 0 Å². The van der Waals surface area contributed by atoms with E-state index in [0.717, 1.165) is 12.1 Å². The molecular formula is C9H4Cl3NaO3S. The van der Waals surface area contributed by atoms with E-state index in [1.54, 1.807) is 0 Å². The Morgan fingerprint density at radius 2 is 1.24 bits per heavy atom. The Balaban J connectivity index is 0.00000256. The first-order chi connectivity index (χ1) is 7.34. The van der Waals surface area contributed by atoms with Crippen LogP contribution in [0.2, 0.25) is 0 Å². The van der Waals surface area contributed by atoms with Crippen LogP contribution in [0.3, 0.4) is 0 Å². The van der Waals surface area contributed by atoms with Gasteiger partial charge in [-0.05, 0) is 46.9 Å². The second kappa shape index (κ2) is 7.14. The molecule has 0 fully saturated rings. The zero-order valence-electron chi connectivity index (χ0n) is 7.46. The van der Waals surface area contributed by atoms with Crippen molar-refractivity contribution in [2.24, 2.45) is 0 Å². The van der Waals surface area contributed by atoms with E-state index in [-0.39, 0.29) is 51.1 Å².